The number of carbonyl (C=O) groups excluding carboxylic acids is 1. The Hall–Kier alpha value is -0.360. The van der Waals surface area contributed by atoms with Gasteiger partial charge in [0.05, 0.1) is 11.2 Å². The van der Waals surface area contributed by atoms with Gasteiger partial charge in [-0.3, -0.25) is 4.79 Å². The van der Waals surface area contributed by atoms with Gasteiger partial charge in [-0.2, -0.15) is 0 Å². The maximum atomic E-state index is 12.2. The fraction of sp³-hybridized carbons (Fsp3) is 0.667. The Labute approximate surface area is 130 Å². The topological polar surface area (TPSA) is 45.2 Å². The number of rotatable bonds is 3. The molecule has 2 rings (SSSR count). The van der Waals surface area contributed by atoms with E-state index >= 15 is 0 Å². The molecule has 0 unspecified atom stereocenters. The number of hydrogen-bond acceptors (Lipinski definition) is 4. The summed E-state index contributed by atoms with van der Waals surface area (Å²) < 4.78 is 0. The monoisotopic (exact) mass is 325 g/mol. The third kappa shape index (κ3) is 5.26. The maximum Gasteiger partial charge on any atom is 0.265 e. The van der Waals surface area contributed by atoms with Gasteiger partial charge in [-0.15, -0.1) is 36.2 Å². The van der Waals surface area contributed by atoms with Gasteiger partial charge in [0.2, 0.25) is 0 Å². The maximum absolute atomic E-state index is 12.2. The highest BCUT2D eigenvalue weighted by Crippen LogP contribution is 2.17. The van der Waals surface area contributed by atoms with Gasteiger partial charge in [-0.05, 0) is 25.8 Å². The van der Waals surface area contributed by atoms with Crippen molar-refractivity contribution in [3.05, 3.63) is 16.1 Å². The average Bonchev–Trinajstić information content (AvgIpc) is 2.64. The van der Waals surface area contributed by atoms with Crippen LogP contribution >= 0.6 is 36.2 Å². The van der Waals surface area contributed by atoms with Crippen molar-refractivity contribution in [1.29, 1.82) is 0 Å². The highest BCUT2D eigenvalue weighted by Gasteiger charge is 2.19. The molecule has 7 heteroatoms. The minimum atomic E-state index is 0. The third-order valence-electron chi connectivity index (χ3n) is 2.86. The second kappa shape index (κ2) is 9.53. The van der Waals surface area contributed by atoms with Crippen LogP contribution in [0.4, 0.5) is 0 Å². The molecular formula is C12H21Cl2N3OS. The summed E-state index contributed by atoms with van der Waals surface area (Å²) in [7, 11) is 0. The summed E-state index contributed by atoms with van der Waals surface area (Å²) in [6.45, 7) is 5.69. The van der Waals surface area contributed by atoms with Crippen LogP contribution in [-0.4, -0.2) is 42.0 Å². The van der Waals surface area contributed by atoms with Crippen molar-refractivity contribution in [2.24, 2.45) is 0 Å². The Morgan fingerprint density at radius 1 is 1.42 bits per heavy atom. The van der Waals surface area contributed by atoms with Crippen LogP contribution in [-0.2, 0) is 6.42 Å². The number of halogens is 2. The number of hydrogen-bond donors (Lipinski definition) is 1. The Morgan fingerprint density at radius 2 is 2.21 bits per heavy atom. The van der Waals surface area contributed by atoms with Crippen molar-refractivity contribution in [2.75, 3.05) is 26.2 Å². The molecular weight excluding hydrogens is 305 g/mol. The minimum Gasteiger partial charge on any atom is -0.337 e. The van der Waals surface area contributed by atoms with Crippen LogP contribution in [0.25, 0.3) is 0 Å². The van der Waals surface area contributed by atoms with Crippen LogP contribution < -0.4 is 5.32 Å². The second-order valence-corrected chi connectivity index (χ2v) is 5.38. The van der Waals surface area contributed by atoms with Gasteiger partial charge in [0.1, 0.15) is 4.88 Å². The molecule has 0 radical (unpaired) electrons. The molecule has 1 aliphatic rings. The molecule has 0 aromatic carbocycles. The molecule has 1 aliphatic heterocycles. The Balaban J connectivity index is 0.00000162. The molecule has 1 aromatic rings. The fourth-order valence-electron chi connectivity index (χ4n) is 1.94. The lowest BCUT2D eigenvalue weighted by molar-refractivity contribution is 0.0771. The number of aryl methyl sites for hydroxylation is 1. The fourth-order valence-corrected chi connectivity index (χ4v) is 2.93. The van der Waals surface area contributed by atoms with Crippen molar-refractivity contribution in [3.63, 3.8) is 0 Å². The van der Waals surface area contributed by atoms with E-state index in [1.807, 2.05) is 4.90 Å². The first-order valence-corrected chi connectivity index (χ1v) is 7.07. The molecule has 1 aromatic heterocycles. The molecule has 1 fully saturated rings. The summed E-state index contributed by atoms with van der Waals surface area (Å²) >= 11 is 1.54. The van der Waals surface area contributed by atoms with Crippen LogP contribution in [0.5, 0.6) is 0 Å². The quantitative estimate of drug-likeness (QED) is 0.928. The van der Waals surface area contributed by atoms with Gasteiger partial charge in [0.25, 0.3) is 5.91 Å². The number of nitrogens with zero attached hydrogens (tertiary/aromatic N) is 2. The van der Waals surface area contributed by atoms with E-state index < -0.39 is 0 Å². The van der Waals surface area contributed by atoms with Gasteiger partial charge in [0.15, 0.2) is 0 Å². The first kappa shape index (κ1) is 18.6. The molecule has 0 spiro atoms. The summed E-state index contributed by atoms with van der Waals surface area (Å²) in [5.41, 5.74) is 0. The molecule has 0 saturated carbocycles. The SMILES string of the molecule is CCCc1ncc(C(=O)N2CCCNCC2)s1.Cl.Cl. The molecule has 1 amide bonds. The van der Waals surface area contributed by atoms with E-state index in [9.17, 15) is 4.79 Å². The average molecular weight is 326 g/mol. The van der Waals surface area contributed by atoms with Crippen LogP contribution in [0.15, 0.2) is 6.20 Å². The predicted molar refractivity (Wildman–Crippen MR) is 84.0 cm³/mol. The number of carbonyl (C=O) groups is 1. The molecule has 2 heterocycles. The second-order valence-electron chi connectivity index (χ2n) is 4.26. The summed E-state index contributed by atoms with van der Waals surface area (Å²) in [6.07, 6.45) is 4.82. The lowest BCUT2D eigenvalue weighted by Gasteiger charge is -2.18. The molecule has 110 valence electrons. The molecule has 4 nitrogen and oxygen atoms in total. The molecule has 19 heavy (non-hydrogen) atoms. The minimum absolute atomic E-state index is 0. The molecule has 0 aliphatic carbocycles. The highest BCUT2D eigenvalue weighted by molar-refractivity contribution is 7.13. The highest BCUT2D eigenvalue weighted by atomic mass is 35.5. The van der Waals surface area contributed by atoms with Gasteiger partial charge in [0, 0.05) is 19.6 Å². The van der Waals surface area contributed by atoms with E-state index in [0.29, 0.717) is 0 Å². The smallest absolute Gasteiger partial charge is 0.265 e. The zero-order valence-corrected chi connectivity index (χ0v) is 13.5. The van der Waals surface area contributed by atoms with Crippen LogP contribution in [0, 0.1) is 0 Å². The Bertz CT molecular complexity index is 379. The van der Waals surface area contributed by atoms with Crippen molar-refractivity contribution in [2.45, 2.75) is 26.2 Å². The van der Waals surface area contributed by atoms with Crippen molar-refractivity contribution in [1.82, 2.24) is 15.2 Å². The molecule has 1 N–H and O–H groups in total. The van der Waals surface area contributed by atoms with Crippen LogP contribution in [0.1, 0.15) is 34.4 Å². The molecule has 0 atom stereocenters. The van der Waals surface area contributed by atoms with E-state index in [2.05, 4.69) is 17.2 Å². The van der Waals surface area contributed by atoms with E-state index in [-0.39, 0.29) is 30.7 Å². The van der Waals surface area contributed by atoms with Crippen LogP contribution in [0.2, 0.25) is 0 Å². The first-order valence-electron chi connectivity index (χ1n) is 6.26. The van der Waals surface area contributed by atoms with Gasteiger partial charge >= 0.3 is 0 Å². The summed E-state index contributed by atoms with van der Waals surface area (Å²) in [4.78, 5) is 19.3. The zero-order valence-electron chi connectivity index (χ0n) is 11.1. The normalized spacial score (nSPS) is 15.1. The largest absolute Gasteiger partial charge is 0.337 e. The van der Waals surface area contributed by atoms with E-state index in [1.165, 1.54) is 0 Å². The van der Waals surface area contributed by atoms with E-state index in [0.717, 1.165) is 55.3 Å². The standard InChI is InChI=1S/C12H19N3OS.2ClH/c1-2-4-11-14-9-10(17-11)12(16)15-7-3-5-13-6-8-15;;/h9,13H,2-8H2,1H3;2*1H. The van der Waals surface area contributed by atoms with Crippen molar-refractivity contribution in [3.8, 4) is 0 Å². The summed E-state index contributed by atoms with van der Waals surface area (Å²) in [6, 6.07) is 0. The lowest BCUT2D eigenvalue weighted by atomic mass is 10.3. The molecule has 0 bridgehead atoms. The molecule has 1 saturated heterocycles. The number of thiazole rings is 1. The van der Waals surface area contributed by atoms with Gasteiger partial charge in [-0.25, -0.2) is 4.98 Å². The summed E-state index contributed by atoms with van der Waals surface area (Å²) in [5.74, 6) is 0.147. The number of amides is 1. The van der Waals surface area contributed by atoms with E-state index in [4.69, 9.17) is 0 Å². The van der Waals surface area contributed by atoms with Gasteiger partial charge in [-0.1, -0.05) is 6.92 Å². The zero-order chi connectivity index (χ0) is 12.1. The summed E-state index contributed by atoms with van der Waals surface area (Å²) in [5, 5.41) is 4.38. The lowest BCUT2D eigenvalue weighted by Crippen LogP contribution is -2.33. The first-order chi connectivity index (χ1) is 8.31. The third-order valence-corrected chi connectivity index (χ3v) is 3.90. The predicted octanol–water partition coefficient (Wildman–Crippen LogP) is 2.37. The Kier molecular flexibility index (Phi) is 9.35. The van der Waals surface area contributed by atoms with Crippen LogP contribution in [0.3, 0.4) is 0 Å². The van der Waals surface area contributed by atoms with Crippen molar-refractivity contribution >= 4 is 42.1 Å². The van der Waals surface area contributed by atoms with Crippen molar-refractivity contribution < 1.29 is 4.79 Å². The van der Waals surface area contributed by atoms with E-state index in [1.54, 1.807) is 17.5 Å². The van der Waals surface area contributed by atoms with Gasteiger partial charge < -0.3 is 10.2 Å². The number of aromatic nitrogens is 1. The Morgan fingerprint density at radius 3 is 2.95 bits per heavy atom. The number of nitrogens with one attached hydrogen (secondary N) is 1.